The fraction of sp³-hybridized carbons (Fsp3) is 0.385. The Balaban J connectivity index is 0.00000176. The van der Waals surface area contributed by atoms with Crippen LogP contribution in [0.1, 0.15) is 23.9 Å². The van der Waals surface area contributed by atoms with Crippen LogP contribution in [-0.4, -0.2) is 27.9 Å². The van der Waals surface area contributed by atoms with Crippen molar-refractivity contribution in [2.24, 2.45) is 0 Å². The number of alkyl halides is 3. The minimum Gasteiger partial charge on any atom is -0.392 e. The van der Waals surface area contributed by atoms with E-state index in [9.17, 15) is 18.3 Å². The first-order valence-electron chi connectivity index (χ1n) is 6.36. The van der Waals surface area contributed by atoms with E-state index in [4.69, 9.17) is 4.52 Å². The Hall–Kier alpha value is -1.64. The van der Waals surface area contributed by atoms with Crippen molar-refractivity contribution in [1.29, 1.82) is 0 Å². The van der Waals surface area contributed by atoms with Crippen molar-refractivity contribution >= 4 is 12.4 Å². The molecule has 0 radical (unpaired) electrons. The number of β-amino-alcohol motifs (C(OH)–C–C–N with tert-alkyl or cyclic N) is 1. The van der Waals surface area contributed by atoms with Crippen molar-refractivity contribution in [2.45, 2.75) is 24.7 Å². The third-order valence-electron chi connectivity index (χ3n) is 3.30. The molecule has 0 aliphatic carbocycles. The summed E-state index contributed by atoms with van der Waals surface area (Å²) in [5.74, 6) is 0.359. The SMILES string of the molecule is Cl.O[C@@H]1CN[C@H](c2nc(-c3cccc(C(F)(F)F)c3)no2)C1. The van der Waals surface area contributed by atoms with Gasteiger partial charge in [-0.2, -0.15) is 18.2 Å². The number of rotatable bonds is 2. The number of aromatic nitrogens is 2. The molecule has 2 atom stereocenters. The molecule has 2 N–H and O–H groups in total. The standard InChI is InChI=1S/C13H12F3N3O2.ClH/c14-13(15,16)8-3-1-2-7(4-8)11-18-12(21-19-11)10-5-9(20)6-17-10;/h1-4,9-10,17,20H,5-6H2;1H/t9-,10-;/m0./s1. The predicted octanol–water partition coefficient (Wildman–Crippen LogP) is 2.57. The number of nitrogens with one attached hydrogen (secondary N) is 1. The Morgan fingerprint density at radius 1 is 1.32 bits per heavy atom. The summed E-state index contributed by atoms with van der Waals surface area (Å²) >= 11 is 0. The predicted molar refractivity (Wildman–Crippen MR) is 73.4 cm³/mol. The molecule has 5 nitrogen and oxygen atoms in total. The fourth-order valence-electron chi connectivity index (χ4n) is 2.23. The second-order valence-electron chi connectivity index (χ2n) is 4.89. The molecule has 1 fully saturated rings. The zero-order valence-electron chi connectivity index (χ0n) is 11.2. The van der Waals surface area contributed by atoms with Gasteiger partial charge in [0.05, 0.1) is 17.7 Å². The highest BCUT2D eigenvalue weighted by Gasteiger charge is 2.31. The van der Waals surface area contributed by atoms with Gasteiger partial charge in [-0.05, 0) is 18.6 Å². The maximum absolute atomic E-state index is 12.7. The lowest BCUT2D eigenvalue weighted by Crippen LogP contribution is -2.15. The summed E-state index contributed by atoms with van der Waals surface area (Å²) < 4.78 is 43.1. The van der Waals surface area contributed by atoms with E-state index in [-0.39, 0.29) is 35.7 Å². The minimum atomic E-state index is -4.42. The van der Waals surface area contributed by atoms with Crippen molar-refractivity contribution in [3.8, 4) is 11.4 Å². The van der Waals surface area contributed by atoms with Crippen molar-refractivity contribution in [3.05, 3.63) is 35.7 Å². The maximum atomic E-state index is 12.7. The lowest BCUT2D eigenvalue weighted by Gasteiger charge is -2.06. The quantitative estimate of drug-likeness (QED) is 0.882. The van der Waals surface area contributed by atoms with Gasteiger partial charge in [0.2, 0.25) is 11.7 Å². The Morgan fingerprint density at radius 3 is 2.73 bits per heavy atom. The molecule has 0 bridgehead atoms. The molecule has 2 heterocycles. The smallest absolute Gasteiger partial charge is 0.392 e. The molecule has 120 valence electrons. The number of hydrogen-bond donors (Lipinski definition) is 2. The van der Waals surface area contributed by atoms with Crippen LogP contribution >= 0.6 is 12.4 Å². The molecule has 0 saturated carbocycles. The van der Waals surface area contributed by atoms with Crippen LogP contribution in [0.5, 0.6) is 0 Å². The van der Waals surface area contributed by atoms with E-state index in [1.54, 1.807) is 0 Å². The van der Waals surface area contributed by atoms with Gasteiger partial charge in [-0.15, -0.1) is 12.4 Å². The zero-order chi connectivity index (χ0) is 15.0. The van der Waals surface area contributed by atoms with Crippen LogP contribution in [-0.2, 0) is 6.18 Å². The van der Waals surface area contributed by atoms with Gasteiger partial charge in [-0.25, -0.2) is 0 Å². The van der Waals surface area contributed by atoms with Gasteiger partial charge in [0.1, 0.15) is 0 Å². The van der Waals surface area contributed by atoms with Crippen LogP contribution in [0.25, 0.3) is 11.4 Å². The lowest BCUT2D eigenvalue weighted by molar-refractivity contribution is -0.137. The largest absolute Gasteiger partial charge is 0.416 e. The highest BCUT2D eigenvalue weighted by Crippen LogP contribution is 2.32. The third kappa shape index (κ3) is 3.40. The summed E-state index contributed by atoms with van der Waals surface area (Å²) in [6.45, 7) is 0.423. The molecule has 1 aliphatic rings. The van der Waals surface area contributed by atoms with Crippen LogP contribution in [0.4, 0.5) is 13.2 Å². The molecular formula is C13H13ClF3N3O2. The number of nitrogens with zero attached hydrogens (tertiary/aromatic N) is 2. The Bertz CT molecular complexity index is 647. The first-order chi connectivity index (χ1) is 9.93. The molecule has 22 heavy (non-hydrogen) atoms. The Labute approximate surface area is 129 Å². The van der Waals surface area contributed by atoms with Gasteiger partial charge >= 0.3 is 6.18 Å². The van der Waals surface area contributed by atoms with E-state index in [0.717, 1.165) is 12.1 Å². The summed E-state index contributed by atoms with van der Waals surface area (Å²) in [6, 6.07) is 4.48. The number of halogens is 4. The molecule has 3 rings (SSSR count). The lowest BCUT2D eigenvalue weighted by atomic mass is 10.1. The topological polar surface area (TPSA) is 71.2 Å². The van der Waals surface area contributed by atoms with Gasteiger partial charge in [0, 0.05) is 12.1 Å². The Kier molecular flexibility index (Phi) is 4.74. The first-order valence-corrected chi connectivity index (χ1v) is 6.36. The van der Waals surface area contributed by atoms with E-state index in [0.29, 0.717) is 13.0 Å². The summed E-state index contributed by atoms with van der Waals surface area (Å²) in [5, 5.41) is 16.1. The van der Waals surface area contributed by atoms with Gasteiger partial charge in [-0.3, -0.25) is 0 Å². The number of aliphatic hydroxyl groups is 1. The fourth-order valence-corrected chi connectivity index (χ4v) is 2.23. The van der Waals surface area contributed by atoms with Gasteiger partial charge in [0.25, 0.3) is 0 Å². The van der Waals surface area contributed by atoms with Gasteiger partial charge in [-0.1, -0.05) is 17.3 Å². The summed E-state index contributed by atoms with van der Waals surface area (Å²) in [7, 11) is 0. The molecule has 1 aliphatic heterocycles. The second-order valence-corrected chi connectivity index (χ2v) is 4.89. The van der Waals surface area contributed by atoms with Crippen LogP contribution < -0.4 is 5.32 Å². The normalized spacial score (nSPS) is 21.6. The minimum absolute atomic E-state index is 0. The van der Waals surface area contributed by atoms with Crippen LogP contribution in [0.3, 0.4) is 0 Å². The van der Waals surface area contributed by atoms with Gasteiger partial charge in [0.15, 0.2) is 0 Å². The monoisotopic (exact) mass is 335 g/mol. The highest BCUT2D eigenvalue weighted by molar-refractivity contribution is 5.85. The first kappa shape index (κ1) is 16.7. The molecule has 1 aromatic heterocycles. The van der Waals surface area contributed by atoms with E-state index in [1.165, 1.54) is 12.1 Å². The van der Waals surface area contributed by atoms with Crippen molar-refractivity contribution in [2.75, 3.05) is 6.54 Å². The third-order valence-corrected chi connectivity index (χ3v) is 3.30. The molecule has 9 heteroatoms. The second kappa shape index (κ2) is 6.23. The molecule has 0 spiro atoms. The zero-order valence-corrected chi connectivity index (χ0v) is 12.0. The van der Waals surface area contributed by atoms with E-state index >= 15 is 0 Å². The molecule has 2 aromatic rings. The Morgan fingerprint density at radius 2 is 2.09 bits per heavy atom. The van der Waals surface area contributed by atoms with Crippen LogP contribution in [0.2, 0.25) is 0 Å². The number of aliphatic hydroxyl groups excluding tert-OH is 1. The maximum Gasteiger partial charge on any atom is 0.416 e. The van der Waals surface area contributed by atoms with Crippen LogP contribution in [0, 0.1) is 0 Å². The summed E-state index contributed by atoms with van der Waals surface area (Å²) in [5.41, 5.74) is -0.529. The average Bonchev–Trinajstić information content (AvgIpc) is 3.06. The summed E-state index contributed by atoms with van der Waals surface area (Å²) in [4.78, 5) is 4.10. The van der Waals surface area contributed by atoms with Crippen LogP contribution in [0.15, 0.2) is 28.8 Å². The number of hydrogen-bond acceptors (Lipinski definition) is 5. The average molecular weight is 336 g/mol. The van der Waals surface area contributed by atoms with Crippen molar-refractivity contribution in [1.82, 2.24) is 15.5 Å². The van der Waals surface area contributed by atoms with Crippen molar-refractivity contribution in [3.63, 3.8) is 0 Å². The summed E-state index contributed by atoms with van der Waals surface area (Å²) in [6.07, 6.45) is -4.47. The molecule has 0 amide bonds. The van der Waals surface area contributed by atoms with E-state index < -0.39 is 17.8 Å². The molecule has 1 aromatic carbocycles. The number of benzene rings is 1. The van der Waals surface area contributed by atoms with Gasteiger partial charge < -0.3 is 14.9 Å². The van der Waals surface area contributed by atoms with E-state index in [2.05, 4.69) is 15.5 Å². The molecular weight excluding hydrogens is 323 g/mol. The molecule has 0 unspecified atom stereocenters. The van der Waals surface area contributed by atoms with Crippen molar-refractivity contribution < 1.29 is 22.8 Å². The highest BCUT2D eigenvalue weighted by atomic mass is 35.5. The molecule has 1 saturated heterocycles. The van der Waals surface area contributed by atoms with E-state index in [1.807, 2.05) is 0 Å².